The number of hydrazine groups is 1. The number of hydrogen-bond donors (Lipinski definition) is 1. The summed E-state index contributed by atoms with van der Waals surface area (Å²) in [5.41, 5.74) is 2.28. The van der Waals surface area contributed by atoms with Crippen LogP contribution in [0.15, 0.2) is 0 Å². The Morgan fingerprint density at radius 2 is 1.95 bits per heavy atom. The molecule has 0 bridgehead atoms. The van der Waals surface area contributed by atoms with E-state index >= 15 is 0 Å². The molecule has 1 rings (SSSR count). The van der Waals surface area contributed by atoms with Crippen LogP contribution in [0.5, 0.6) is 0 Å². The Balaban J connectivity index is 2.75. The van der Waals surface area contributed by atoms with E-state index in [2.05, 4.69) is 5.43 Å². The Kier molecular flexibility index (Phi) is 6.11. The lowest BCUT2D eigenvalue weighted by Crippen LogP contribution is -2.55. The number of carbonyl (C=O) groups is 3. The van der Waals surface area contributed by atoms with Crippen LogP contribution >= 0.6 is 0 Å². The fourth-order valence-corrected chi connectivity index (χ4v) is 1.94. The Labute approximate surface area is 112 Å². The molecule has 0 saturated heterocycles. The summed E-state index contributed by atoms with van der Waals surface area (Å²) in [7, 11) is 0. The zero-order valence-electron chi connectivity index (χ0n) is 11.3. The molecule has 19 heavy (non-hydrogen) atoms. The molecule has 1 aliphatic rings. The molecule has 0 aromatic rings. The highest BCUT2D eigenvalue weighted by atomic mass is 16.6. The molecule has 0 aliphatic heterocycles. The predicted octanol–water partition coefficient (Wildman–Crippen LogP) is 1.62. The maximum absolute atomic E-state index is 11.8. The van der Waals surface area contributed by atoms with Crippen LogP contribution in [-0.4, -0.2) is 42.2 Å². The maximum atomic E-state index is 11.8. The zero-order valence-corrected chi connectivity index (χ0v) is 11.3. The SMILES string of the molecule is CCOC(=O)NN(C(=O)OCC)[C@@H]1CCCCC1=O. The molecule has 0 aromatic heterocycles. The Hall–Kier alpha value is -1.79. The molecule has 1 saturated carbocycles. The first-order valence-electron chi connectivity index (χ1n) is 6.52. The van der Waals surface area contributed by atoms with Crippen molar-refractivity contribution in [1.29, 1.82) is 0 Å². The summed E-state index contributed by atoms with van der Waals surface area (Å²) in [5, 5.41) is 0.947. The van der Waals surface area contributed by atoms with Crippen molar-refractivity contribution in [3.8, 4) is 0 Å². The third-order valence-corrected chi connectivity index (χ3v) is 2.79. The van der Waals surface area contributed by atoms with Gasteiger partial charge in [0.25, 0.3) is 0 Å². The first-order valence-corrected chi connectivity index (χ1v) is 6.52. The van der Waals surface area contributed by atoms with Gasteiger partial charge in [-0.05, 0) is 26.7 Å². The maximum Gasteiger partial charge on any atom is 0.429 e. The Morgan fingerprint density at radius 3 is 2.53 bits per heavy atom. The molecule has 0 unspecified atom stereocenters. The second-order valence-corrected chi connectivity index (χ2v) is 4.13. The average Bonchev–Trinajstić information content (AvgIpc) is 2.37. The van der Waals surface area contributed by atoms with Gasteiger partial charge in [0, 0.05) is 6.42 Å². The van der Waals surface area contributed by atoms with Gasteiger partial charge in [0.15, 0.2) is 5.78 Å². The molecular formula is C12H20N2O5. The first-order chi connectivity index (χ1) is 9.10. The number of hydrogen-bond acceptors (Lipinski definition) is 5. The van der Waals surface area contributed by atoms with Crippen molar-refractivity contribution < 1.29 is 23.9 Å². The number of nitrogens with one attached hydrogen (secondary N) is 1. The molecule has 1 fully saturated rings. The lowest BCUT2D eigenvalue weighted by Gasteiger charge is -2.31. The smallest absolute Gasteiger partial charge is 0.429 e. The second-order valence-electron chi connectivity index (χ2n) is 4.13. The van der Waals surface area contributed by atoms with Crippen LogP contribution in [0.1, 0.15) is 39.5 Å². The summed E-state index contributed by atoms with van der Waals surface area (Å²) in [6.45, 7) is 3.66. The minimum atomic E-state index is -0.770. The normalized spacial score (nSPS) is 18.6. The molecule has 0 aromatic carbocycles. The summed E-state index contributed by atoms with van der Waals surface area (Å²) >= 11 is 0. The summed E-state index contributed by atoms with van der Waals surface area (Å²) in [4.78, 5) is 35.1. The van der Waals surface area contributed by atoms with Gasteiger partial charge in [-0.1, -0.05) is 6.42 Å². The first kappa shape index (κ1) is 15.3. The molecule has 0 spiro atoms. The van der Waals surface area contributed by atoms with Gasteiger partial charge in [0.2, 0.25) is 0 Å². The Bertz CT molecular complexity index is 345. The van der Waals surface area contributed by atoms with Crippen molar-refractivity contribution in [3.63, 3.8) is 0 Å². The molecular weight excluding hydrogens is 252 g/mol. The summed E-state index contributed by atoms with van der Waals surface area (Å²) in [6.07, 6.45) is 1.06. The van der Waals surface area contributed by atoms with E-state index < -0.39 is 18.2 Å². The van der Waals surface area contributed by atoms with E-state index in [0.717, 1.165) is 17.9 Å². The molecule has 0 radical (unpaired) electrons. The fraction of sp³-hybridized carbons (Fsp3) is 0.750. The topological polar surface area (TPSA) is 84.9 Å². The number of amides is 2. The van der Waals surface area contributed by atoms with Crippen LogP contribution < -0.4 is 5.43 Å². The molecule has 7 nitrogen and oxygen atoms in total. The van der Waals surface area contributed by atoms with Crippen molar-refractivity contribution >= 4 is 18.0 Å². The van der Waals surface area contributed by atoms with Crippen molar-refractivity contribution in [1.82, 2.24) is 10.4 Å². The van der Waals surface area contributed by atoms with Crippen LogP contribution in [0.2, 0.25) is 0 Å². The highest BCUT2D eigenvalue weighted by Crippen LogP contribution is 2.19. The van der Waals surface area contributed by atoms with E-state index in [1.54, 1.807) is 13.8 Å². The average molecular weight is 272 g/mol. The molecule has 108 valence electrons. The lowest BCUT2D eigenvalue weighted by atomic mass is 9.94. The quantitative estimate of drug-likeness (QED) is 0.789. The van der Waals surface area contributed by atoms with Gasteiger partial charge in [0.1, 0.15) is 6.04 Å². The summed E-state index contributed by atoms with van der Waals surface area (Å²) in [5.74, 6) is -0.0731. The molecule has 1 atom stereocenters. The minimum Gasteiger partial charge on any atom is -0.449 e. The van der Waals surface area contributed by atoms with Crippen molar-refractivity contribution in [2.75, 3.05) is 13.2 Å². The second kappa shape index (κ2) is 7.60. The van der Waals surface area contributed by atoms with Gasteiger partial charge >= 0.3 is 12.2 Å². The van der Waals surface area contributed by atoms with E-state index in [9.17, 15) is 14.4 Å². The third-order valence-electron chi connectivity index (χ3n) is 2.79. The number of Topliss-reactive ketones (excluding diaryl/α,β-unsaturated/α-hetero) is 1. The van der Waals surface area contributed by atoms with E-state index in [1.807, 2.05) is 0 Å². The molecule has 0 heterocycles. The third kappa shape index (κ3) is 4.42. The van der Waals surface area contributed by atoms with Crippen molar-refractivity contribution in [2.24, 2.45) is 0 Å². The van der Waals surface area contributed by atoms with Gasteiger partial charge in [0.05, 0.1) is 13.2 Å². The number of ketones is 1. The number of nitrogens with zero attached hydrogens (tertiary/aromatic N) is 1. The van der Waals surface area contributed by atoms with Crippen LogP contribution in [-0.2, 0) is 14.3 Å². The Morgan fingerprint density at radius 1 is 1.26 bits per heavy atom. The molecule has 7 heteroatoms. The van der Waals surface area contributed by atoms with Crippen LogP contribution in [0.4, 0.5) is 9.59 Å². The van der Waals surface area contributed by atoms with E-state index in [0.29, 0.717) is 12.8 Å². The van der Waals surface area contributed by atoms with Gasteiger partial charge in [-0.3, -0.25) is 4.79 Å². The van der Waals surface area contributed by atoms with Crippen LogP contribution in [0.25, 0.3) is 0 Å². The highest BCUT2D eigenvalue weighted by molar-refractivity contribution is 5.88. The van der Waals surface area contributed by atoms with Crippen molar-refractivity contribution in [2.45, 2.75) is 45.6 Å². The van der Waals surface area contributed by atoms with E-state index in [-0.39, 0.29) is 19.0 Å². The van der Waals surface area contributed by atoms with E-state index in [4.69, 9.17) is 9.47 Å². The predicted molar refractivity (Wildman–Crippen MR) is 66.3 cm³/mol. The number of carbonyl (C=O) groups excluding carboxylic acids is 3. The van der Waals surface area contributed by atoms with Crippen molar-refractivity contribution in [3.05, 3.63) is 0 Å². The van der Waals surface area contributed by atoms with E-state index in [1.165, 1.54) is 0 Å². The van der Waals surface area contributed by atoms with Crippen LogP contribution in [0.3, 0.4) is 0 Å². The lowest BCUT2D eigenvalue weighted by molar-refractivity contribution is -0.126. The van der Waals surface area contributed by atoms with Crippen LogP contribution in [0, 0.1) is 0 Å². The monoisotopic (exact) mass is 272 g/mol. The summed E-state index contributed by atoms with van der Waals surface area (Å²) < 4.78 is 9.57. The summed E-state index contributed by atoms with van der Waals surface area (Å²) in [6, 6.07) is -0.669. The highest BCUT2D eigenvalue weighted by Gasteiger charge is 2.34. The minimum absolute atomic E-state index is 0.0731. The van der Waals surface area contributed by atoms with Gasteiger partial charge < -0.3 is 9.47 Å². The molecule has 2 amide bonds. The molecule has 1 N–H and O–H groups in total. The number of ether oxygens (including phenoxy) is 2. The van der Waals surface area contributed by atoms with Gasteiger partial charge in [-0.15, -0.1) is 0 Å². The zero-order chi connectivity index (χ0) is 14.3. The molecule has 1 aliphatic carbocycles. The van der Waals surface area contributed by atoms with Gasteiger partial charge in [-0.25, -0.2) is 20.0 Å². The standard InChI is InChI=1S/C12H20N2O5/c1-3-18-11(16)13-14(12(17)19-4-2)9-7-5-6-8-10(9)15/h9H,3-8H2,1-2H3,(H,13,16)/t9-/m1/s1. The number of rotatable bonds is 3. The fourth-order valence-electron chi connectivity index (χ4n) is 1.94. The largest absolute Gasteiger partial charge is 0.449 e. The van der Waals surface area contributed by atoms with Gasteiger partial charge in [-0.2, -0.15) is 0 Å².